The summed E-state index contributed by atoms with van der Waals surface area (Å²) in [5, 5.41) is 11.8. The Morgan fingerprint density at radius 2 is 2.21 bits per heavy atom. The molecule has 2 aromatic heterocycles. The second-order valence-electron chi connectivity index (χ2n) is 4.13. The van der Waals surface area contributed by atoms with Gasteiger partial charge in [-0.2, -0.15) is 0 Å². The van der Waals surface area contributed by atoms with E-state index in [1.54, 1.807) is 23.1 Å². The van der Waals surface area contributed by atoms with Gasteiger partial charge in [-0.15, -0.1) is 23.1 Å². The summed E-state index contributed by atoms with van der Waals surface area (Å²) in [6, 6.07) is 6.18. The second-order valence-corrected chi connectivity index (χ2v) is 6.13. The molecule has 2 nitrogen and oxygen atoms in total. The van der Waals surface area contributed by atoms with Crippen LogP contribution in [0, 0.1) is 25.7 Å². The molecule has 0 saturated heterocycles. The Morgan fingerprint density at radius 3 is 2.95 bits per heavy atom. The van der Waals surface area contributed by atoms with Gasteiger partial charge in [-0.05, 0) is 43.0 Å². The number of thioether (sulfide) groups is 1. The number of aliphatic hydroxyl groups is 1. The maximum atomic E-state index is 8.74. The first-order valence-corrected chi connectivity index (χ1v) is 7.80. The van der Waals surface area contributed by atoms with Crippen LogP contribution in [0.2, 0.25) is 0 Å². The van der Waals surface area contributed by atoms with E-state index < -0.39 is 0 Å². The Morgan fingerprint density at radius 1 is 1.37 bits per heavy atom. The lowest BCUT2D eigenvalue weighted by atomic mass is 10.3. The van der Waals surface area contributed by atoms with Crippen LogP contribution < -0.4 is 0 Å². The predicted molar refractivity (Wildman–Crippen MR) is 81.6 cm³/mol. The van der Waals surface area contributed by atoms with Crippen molar-refractivity contribution in [3.05, 3.63) is 45.3 Å². The minimum Gasteiger partial charge on any atom is -0.384 e. The molecule has 1 N–H and O–H groups in total. The summed E-state index contributed by atoms with van der Waals surface area (Å²) < 4.78 is 0. The predicted octanol–water partition coefficient (Wildman–Crippen LogP) is 3.40. The van der Waals surface area contributed by atoms with Crippen LogP contribution in [0.1, 0.15) is 21.7 Å². The Hall–Kier alpha value is -1.28. The van der Waals surface area contributed by atoms with Gasteiger partial charge in [-0.3, -0.25) is 0 Å². The zero-order valence-corrected chi connectivity index (χ0v) is 12.6. The third-order valence-electron chi connectivity index (χ3n) is 2.47. The van der Waals surface area contributed by atoms with Gasteiger partial charge in [0, 0.05) is 21.9 Å². The third-order valence-corrected chi connectivity index (χ3v) is 4.51. The maximum Gasteiger partial charge on any atom is 0.104 e. The third kappa shape index (κ3) is 4.10. The zero-order valence-electron chi connectivity index (χ0n) is 10.9. The SMILES string of the molecule is Cc1cc(C)nc(SCc2sccc2C#CCO)c1. The number of pyridine rings is 1. The van der Waals surface area contributed by atoms with Crippen molar-refractivity contribution in [2.24, 2.45) is 0 Å². The number of aryl methyl sites for hydroxylation is 2. The Balaban J connectivity index is 2.08. The molecule has 0 aliphatic rings. The summed E-state index contributed by atoms with van der Waals surface area (Å²) in [4.78, 5) is 5.75. The minimum atomic E-state index is -0.0962. The Bertz CT molecular complexity index is 602. The molecule has 2 aromatic rings. The molecule has 0 aliphatic heterocycles. The monoisotopic (exact) mass is 289 g/mol. The largest absolute Gasteiger partial charge is 0.384 e. The van der Waals surface area contributed by atoms with Crippen molar-refractivity contribution in [2.45, 2.75) is 24.6 Å². The lowest BCUT2D eigenvalue weighted by Crippen LogP contribution is -1.88. The minimum absolute atomic E-state index is 0.0962. The number of hydrogen-bond donors (Lipinski definition) is 1. The molecule has 2 rings (SSSR count). The maximum absolute atomic E-state index is 8.74. The van der Waals surface area contributed by atoms with Gasteiger partial charge in [-0.25, -0.2) is 4.98 Å². The molecule has 0 saturated carbocycles. The molecule has 0 unspecified atom stereocenters. The summed E-state index contributed by atoms with van der Waals surface area (Å²) >= 11 is 3.42. The van der Waals surface area contributed by atoms with Gasteiger partial charge in [0.15, 0.2) is 0 Å². The number of thiophene rings is 1. The molecule has 0 radical (unpaired) electrons. The average Bonchev–Trinajstić information content (AvgIpc) is 2.80. The van der Waals surface area contributed by atoms with Crippen molar-refractivity contribution >= 4 is 23.1 Å². The first kappa shape index (κ1) is 14.1. The van der Waals surface area contributed by atoms with Crippen LogP contribution in [0.25, 0.3) is 0 Å². The van der Waals surface area contributed by atoms with Crippen LogP contribution >= 0.6 is 23.1 Å². The molecule has 0 bridgehead atoms. The molecule has 2 heterocycles. The zero-order chi connectivity index (χ0) is 13.7. The average molecular weight is 289 g/mol. The topological polar surface area (TPSA) is 33.1 Å². The molecule has 4 heteroatoms. The van der Waals surface area contributed by atoms with Crippen LogP contribution in [0.4, 0.5) is 0 Å². The van der Waals surface area contributed by atoms with Gasteiger partial charge in [0.1, 0.15) is 6.61 Å². The van der Waals surface area contributed by atoms with Crippen LogP contribution in [0.3, 0.4) is 0 Å². The standard InChI is InChI=1S/C15H15NOS2/c1-11-8-12(2)16-15(9-11)19-10-14-13(4-3-6-17)5-7-18-14/h5,7-9,17H,6,10H2,1-2H3. The van der Waals surface area contributed by atoms with E-state index in [1.807, 2.05) is 18.4 Å². The molecular weight excluding hydrogens is 274 g/mol. The van der Waals surface area contributed by atoms with E-state index in [0.29, 0.717) is 0 Å². The molecule has 98 valence electrons. The van der Waals surface area contributed by atoms with Gasteiger partial charge in [-0.1, -0.05) is 11.8 Å². The van der Waals surface area contributed by atoms with E-state index in [0.717, 1.165) is 22.0 Å². The molecule has 0 spiro atoms. The highest BCUT2D eigenvalue weighted by Crippen LogP contribution is 2.27. The van der Waals surface area contributed by atoms with E-state index in [2.05, 4.69) is 35.9 Å². The highest BCUT2D eigenvalue weighted by Gasteiger charge is 2.04. The summed E-state index contributed by atoms with van der Waals surface area (Å²) in [6.07, 6.45) is 0. The molecule has 0 atom stereocenters. The summed E-state index contributed by atoms with van der Waals surface area (Å²) in [7, 11) is 0. The van der Waals surface area contributed by atoms with Crippen molar-refractivity contribution in [1.82, 2.24) is 4.98 Å². The van der Waals surface area contributed by atoms with Crippen LogP contribution in [-0.2, 0) is 5.75 Å². The van der Waals surface area contributed by atoms with Crippen molar-refractivity contribution in [3.63, 3.8) is 0 Å². The fourth-order valence-corrected chi connectivity index (χ4v) is 3.69. The van der Waals surface area contributed by atoms with Gasteiger partial charge >= 0.3 is 0 Å². The van der Waals surface area contributed by atoms with Gasteiger partial charge in [0.2, 0.25) is 0 Å². The van der Waals surface area contributed by atoms with Crippen molar-refractivity contribution in [2.75, 3.05) is 6.61 Å². The van der Waals surface area contributed by atoms with E-state index in [1.165, 1.54) is 10.4 Å². The van der Waals surface area contributed by atoms with E-state index in [4.69, 9.17) is 5.11 Å². The summed E-state index contributed by atoms with van der Waals surface area (Å²) in [6.45, 7) is 4.00. The quantitative estimate of drug-likeness (QED) is 0.694. The highest BCUT2D eigenvalue weighted by atomic mass is 32.2. The molecule has 0 aromatic carbocycles. The normalized spacial score (nSPS) is 10.1. The molecule has 0 fully saturated rings. The van der Waals surface area contributed by atoms with Crippen LogP contribution in [0.15, 0.2) is 28.6 Å². The summed E-state index contributed by atoms with van der Waals surface area (Å²) in [5.41, 5.74) is 3.30. The van der Waals surface area contributed by atoms with Crippen LogP contribution in [0.5, 0.6) is 0 Å². The van der Waals surface area contributed by atoms with Crippen molar-refractivity contribution in [1.29, 1.82) is 0 Å². The first-order valence-electron chi connectivity index (χ1n) is 5.93. The van der Waals surface area contributed by atoms with Gasteiger partial charge < -0.3 is 5.11 Å². The molecular formula is C15H15NOS2. The van der Waals surface area contributed by atoms with E-state index in [9.17, 15) is 0 Å². The molecule has 0 aliphatic carbocycles. The number of hydrogen-bond acceptors (Lipinski definition) is 4. The lowest BCUT2D eigenvalue weighted by molar-refractivity contribution is 0.350. The lowest BCUT2D eigenvalue weighted by Gasteiger charge is -2.03. The molecule has 19 heavy (non-hydrogen) atoms. The number of nitrogens with zero attached hydrogens (tertiary/aromatic N) is 1. The molecule has 0 amide bonds. The fraction of sp³-hybridized carbons (Fsp3) is 0.267. The smallest absolute Gasteiger partial charge is 0.104 e. The highest BCUT2D eigenvalue weighted by molar-refractivity contribution is 7.98. The van der Waals surface area contributed by atoms with Crippen molar-refractivity contribution < 1.29 is 5.11 Å². The van der Waals surface area contributed by atoms with Crippen LogP contribution in [-0.4, -0.2) is 16.7 Å². The summed E-state index contributed by atoms with van der Waals surface area (Å²) in [5.74, 6) is 6.54. The fourth-order valence-electron chi connectivity index (χ4n) is 1.72. The van der Waals surface area contributed by atoms with Gasteiger partial charge in [0.25, 0.3) is 0 Å². The van der Waals surface area contributed by atoms with E-state index in [-0.39, 0.29) is 6.61 Å². The Labute approximate surface area is 121 Å². The number of rotatable bonds is 3. The Kier molecular flexibility index (Phi) is 5.03. The second kappa shape index (κ2) is 6.76. The number of aliphatic hydroxyl groups excluding tert-OH is 1. The van der Waals surface area contributed by atoms with Gasteiger partial charge in [0.05, 0.1) is 5.03 Å². The van der Waals surface area contributed by atoms with E-state index >= 15 is 0 Å². The first-order chi connectivity index (χ1) is 9.19. The number of aromatic nitrogens is 1. The van der Waals surface area contributed by atoms with Crippen molar-refractivity contribution in [3.8, 4) is 11.8 Å².